The van der Waals surface area contributed by atoms with Crippen molar-refractivity contribution in [2.24, 2.45) is 0 Å². The van der Waals surface area contributed by atoms with Gasteiger partial charge in [0, 0.05) is 12.1 Å². The zero-order chi connectivity index (χ0) is 20.0. The number of methoxy groups -OCH3 is 3. The van der Waals surface area contributed by atoms with E-state index in [0.29, 0.717) is 42.4 Å². The first-order valence-corrected chi connectivity index (χ1v) is 9.18. The predicted octanol–water partition coefficient (Wildman–Crippen LogP) is 3.50. The third kappa shape index (κ3) is 2.46. The van der Waals surface area contributed by atoms with Crippen LogP contribution in [-0.4, -0.2) is 50.6 Å². The number of carbonyl (C=O) groups excluding carboxylic acids is 1. The van der Waals surface area contributed by atoms with Crippen LogP contribution >= 0.6 is 0 Å². The lowest BCUT2D eigenvalue weighted by Crippen LogP contribution is -2.40. The summed E-state index contributed by atoms with van der Waals surface area (Å²) in [6.45, 7) is 2.60. The molecule has 0 bridgehead atoms. The highest BCUT2D eigenvalue weighted by Gasteiger charge is 2.43. The minimum absolute atomic E-state index is 0.0583. The van der Waals surface area contributed by atoms with Crippen LogP contribution in [0.4, 0.5) is 4.79 Å². The number of hydrogen-bond donors (Lipinski definition) is 1. The molecule has 0 aromatic heterocycles. The van der Waals surface area contributed by atoms with E-state index in [2.05, 4.69) is 0 Å². The fourth-order valence-corrected chi connectivity index (χ4v) is 4.25. The lowest BCUT2D eigenvalue weighted by Gasteiger charge is -2.35. The number of aromatic hydroxyl groups is 1. The first-order valence-electron chi connectivity index (χ1n) is 9.18. The van der Waals surface area contributed by atoms with Gasteiger partial charge >= 0.3 is 6.09 Å². The minimum atomic E-state index is -0.373. The molecule has 2 aliphatic rings. The van der Waals surface area contributed by atoms with Gasteiger partial charge in [-0.3, -0.25) is 4.90 Å². The second-order valence-corrected chi connectivity index (χ2v) is 6.71. The average molecular weight is 385 g/mol. The van der Waals surface area contributed by atoms with E-state index in [1.54, 1.807) is 26.0 Å². The van der Waals surface area contributed by atoms with Gasteiger partial charge in [-0.1, -0.05) is 0 Å². The van der Waals surface area contributed by atoms with Crippen LogP contribution in [0.15, 0.2) is 18.2 Å². The molecule has 0 spiro atoms. The predicted molar refractivity (Wildman–Crippen MR) is 102 cm³/mol. The third-order valence-corrected chi connectivity index (χ3v) is 5.44. The van der Waals surface area contributed by atoms with Crippen LogP contribution in [0.2, 0.25) is 0 Å². The maximum absolute atomic E-state index is 12.7. The molecule has 1 heterocycles. The molecule has 1 unspecified atom stereocenters. The Morgan fingerprint density at radius 2 is 1.79 bits per heavy atom. The van der Waals surface area contributed by atoms with Gasteiger partial charge in [-0.05, 0) is 53.8 Å². The topological polar surface area (TPSA) is 77.5 Å². The summed E-state index contributed by atoms with van der Waals surface area (Å²) in [4.78, 5) is 14.4. The molecule has 1 N–H and O–H groups in total. The van der Waals surface area contributed by atoms with Gasteiger partial charge < -0.3 is 24.1 Å². The van der Waals surface area contributed by atoms with Crippen LogP contribution in [0.3, 0.4) is 0 Å². The van der Waals surface area contributed by atoms with Gasteiger partial charge in [-0.25, -0.2) is 4.79 Å². The van der Waals surface area contributed by atoms with E-state index < -0.39 is 0 Å². The van der Waals surface area contributed by atoms with Crippen LogP contribution < -0.4 is 14.2 Å². The molecule has 0 saturated carbocycles. The molecule has 1 atom stereocenters. The first-order chi connectivity index (χ1) is 13.5. The van der Waals surface area contributed by atoms with Gasteiger partial charge in [0.1, 0.15) is 0 Å². The summed E-state index contributed by atoms with van der Waals surface area (Å²) in [7, 11) is 4.67. The Morgan fingerprint density at radius 1 is 1.11 bits per heavy atom. The molecule has 2 aromatic rings. The second-order valence-electron chi connectivity index (χ2n) is 6.71. The smallest absolute Gasteiger partial charge is 0.410 e. The summed E-state index contributed by atoms with van der Waals surface area (Å²) in [5.41, 5.74) is 4.29. The van der Waals surface area contributed by atoms with Gasteiger partial charge in [0.15, 0.2) is 23.0 Å². The largest absolute Gasteiger partial charge is 0.504 e. The molecule has 7 heteroatoms. The Hall–Kier alpha value is -3.09. The van der Waals surface area contributed by atoms with Crippen molar-refractivity contribution in [3.63, 3.8) is 0 Å². The van der Waals surface area contributed by atoms with Crippen LogP contribution in [0.1, 0.15) is 29.7 Å². The van der Waals surface area contributed by atoms with Crippen LogP contribution in [0, 0.1) is 0 Å². The van der Waals surface area contributed by atoms with Crippen molar-refractivity contribution in [2.75, 3.05) is 34.5 Å². The number of phenols is 1. The standard InChI is InChI=1S/C21H23NO6/c1-5-28-21(24)22-7-6-11-8-16(27-4)20(23)18-12-9-14(25-2)15(26-3)10-13(12)19(22)17(11)18/h8-10,19,23H,5-7H2,1-4H3. The van der Waals surface area contributed by atoms with Gasteiger partial charge in [-0.2, -0.15) is 0 Å². The van der Waals surface area contributed by atoms with E-state index in [1.807, 2.05) is 18.2 Å². The molecule has 0 saturated heterocycles. The molecule has 7 nitrogen and oxygen atoms in total. The van der Waals surface area contributed by atoms with Crippen LogP contribution in [0.5, 0.6) is 23.0 Å². The third-order valence-electron chi connectivity index (χ3n) is 5.44. The van der Waals surface area contributed by atoms with E-state index in [9.17, 15) is 9.90 Å². The fourth-order valence-electron chi connectivity index (χ4n) is 4.25. The molecule has 4 rings (SSSR count). The lowest BCUT2D eigenvalue weighted by molar-refractivity contribution is 0.0944. The SMILES string of the molecule is CCOC(=O)N1CCc2cc(OC)c(O)c3c2C1c1cc(OC)c(OC)cc1-3. The number of amides is 1. The molecule has 1 aliphatic heterocycles. The van der Waals surface area contributed by atoms with Gasteiger partial charge in [0.05, 0.1) is 34.0 Å². The summed E-state index contributed by atoms with van der Waals surface area (Å²) in [5.74, 6) is 1.60. The molecule has 1 aliphatic carbocycles. The molecular formula is C21H23NO6. The summed E-state index contributed by atoms with van der Waals surface area (Å²) in [6, 6.07) is 5.20. The molecule has 148 valence electrons. The van der Waals surface area contributed by atoms with E-state index in [-0.39, 0.29) is 17.9 Å². The number of benzene rings is 2. The van der Waals surface area contributed by atoms with E-state index in [1.165, 1.54) is 7.11 Å². The summed E-state index contributed by atoms with van der Waals surface area (Å²) >= 11 is 0. The molecule has 2 aromatic carbocycles. The van der Waals surface area contributed by atoms with Crippen molar-refractivity contribution in [3.05, 3.63) is 34.9 Å². The Balaban J connectivity index is 2.01. The maximum Gasteiger partial charge on any atom is 0.410 e. The van der Waals surface area contributed by atoms with E-state index in [4.69, 9.17) is 18.9 Å². The monoisotopic (exact) mass is 385 g/mol. The molecule has 0 radical (unpaired) electrons. The number of phenolic OH excluding ortho intramolecular Hbond substituents is 1. The normalized spacial score (nSPS) is 16.3. The minimum Gasteiger partial charge on any atom is -0.504 e. The van der Waals surface area contributed by atoms with Gasteiger partial charge in [0.25, 0.3) is 0 Å². The van der Waals surface area contributed by atoms with Crippen molar-refractivity contribution in [3.8, 4) is 34.1 Å². The van der Waals surface area contributed by atoms with Crippen molar-refractivity contribution < 1.29 is 28.8 Å². The average Bonchev–Trinajstić information content (AvgIpc) is 3.05. The Morgan fingerprint density at radius 3 is 2.43 bits per heavy atom. The second kappa shape index (κ2) is 6.82. The summed E-state index contributed by atoms with van der Waals surface area (Å²) in [5, 5.41) is 10.9. The van der Waals surface area contributed by atoms with Crippen molar-refractivity contribution in [1.29, 1.82) is 0 Å². The molecule has 28 heavy (non-hydrogen) atoms. The highest BCUT2D eigenvalue weighted by molar-refractivity contribution is 5.89. The van der Waals surface area contributed by atoms with Gasteiger partial charge in [-0.15, -0.1) is 0 Å². The van der Waals surface area contributed by atoms with E-state index in [0.717, 1.165) is 22.3 Å². The Bertz CT molecular complexity index is 955. The van der Waals surface area contributed by atoms with Crippen LogP contribution in [-0.2, 0) is 11.2 Å². The zero-order valence-electron chi connectivity index (χ0n) is 16.4. The maximum atomic E-state index is 12.7. The number of ether oxygens (including phenoxy) is 4. The summed E-state index contributed by atoms with van der Waals surface area (Å²) < 4.78 is 21.6. The molecule has 0 fully saturated rings. The highest BCUT2D eigenvalue weighted by Crippen LogP contribution is 2.57. The van der Waals surface area contributed by atoms with Crippen molar-refractivity contribution in [1.82, 2.24) is 4.90 Å². The molecular weight excluding hydrogens is 362 g/mol. The zero-order valence-corrected chi connectivity index (χ0v) is 16.4. The number of fused-ring (bicyclic) bond motifs is 3. The lowest BCUT2D eigenvalue weighted by atomic mass is 9.91. The van der Waals surface area contributed by atoms with Crippen molar-refractivity contribution in [2.45, 2.75) is 19.4 Å². The highest BCUT2D eigenvalue weighted by atomic mass is 16.6. The number of carbonyl (C=O) groups is 1. The number of nitrogens with zero attached hydrogens (tertiary/aromatic N) is 1. The fraction of sp³-hybridized carbons (Fsp3) is 0.381. The van der Waals surface area contributed by atoms with Crippen molar-refractivity contribution >= 4 is 6.09 Å². The van der Waals surface area contributed by atoms with E-state index >= 15 is 0 Å². The Labute approximate surface area is 163 Å². The van der Waals surface area contributed by atoms with Crippen LogP contribution in [0.25, 0.3) is 11.1 Å². The summed E-state index contributed by atoms with van der Waals surface area (Å²) in [6.07, 6.45) is 0.276. The first kappa shape index (κ1) is 18.3. The number of hydrogen-bond acceptors (Lipinski definition) is 6. The van der Waals surface area contributed by atoms with Gasteiger partial charge in [0.2, 0.25) is 0 Å². The Kier molecular flexibility index (Phi) is 4.45. The quantitative estimate of drug-likeness (QED) is 0.868. The molecule has 1 amide bonds. The number of rotatable bonds is 4.